The fourth-order valence-corrected chi connectivity index (χ4v) is 0.560. The summed E-state index contributed by atoms with van der Waals surface area (Å²) in [7, 11) is 0. The van der Waals surface area contributed by atoms with E-state index >= 15 is 0 Å². The van der Waals surface area contributed by atoms with E-state index in [1.807, 2.05) is 12.1 Å². The Morgan fingerprint density at radius 3 is 2.62 bits per heavy atom. The van der Waals surface area contributed by atoms with Gasteiger partial charge in [-0.05, 0) is 19.1 Å². The second-order valence-corrected chi connectivity index (χ2v) is 2.03. The highest BCUT2D eigenvalue weighted by Crippen LogP contribution is 1.89. The number of rotatable bonds is 3. The molecule has 0 amide bonds. The number of carbonyl (C=O) groups is 1. The predicted octanol–water partition coefficient (Wildman–Crippen LogP) is 0.753. The molecule has 1 rings (SSSR count). The van der Waals surface area contributed by atoms with Gasteiger partial charge in [0.2, 0.25) is 0 Å². The van der Waals surface area contributed by atoms with Crippen LogP contribution in [0.25, 0.3) is 0 Å². The first-order valence-corrected chi connectivity index (χ1v) is 3.91. The van der Waals surface area contributed by atoms with Gasteiger partial charge in [-0.1, -0.05) is 6.07 Å². The molecule has 1 N–H and O–H groups in total. The summed E-state index contributed by atoms with van der Waals surface area (Å²) in [5, 5.41) is 8.48. The van der Waals surface area contributed by atoms with Gasteiger partial charge in [0.05, 0.1) is 18.9 Å². The van der Waals surface area contributed by atoms with Gasteiger partial charge >= 0.3 is 0 Å². The molecule has 0 aliphatic carbocycles. The van der Waals surface area contributed by atoms with Gasteiger partial charge in [0.15, 0.2) is 0 Å². The highest BCUT2D eigenvalue weighted by Gasteiger charge is 1.82. The Balaban J connectivity index is 0.000000252. The lowest BCUT2D eigenvalue weighted by Crippen LogP contribution is -1.84. The van der Waals surface area contributed by atoms with Crippen molar-refractivity contribution in [2.75, 3.05) is 6.61 Å². The first-order valence-electron chi connectivity index (χ1n) is 3.91. The van der Waals surface area contributed by atoms with Crippen LogP contribution in [-0.2, 0) is 16.1 Å². The summed E-state index contributed by atoms with van der Waals surface area (Å²) in [6.45, 7) is 2.69. The van der Waals surface area contributed by atoms with Gasteiger partial charge in [-0.15, -0.1) is 0 Å². The number of ether oxygens (including phenoxy) is 1. The molecule has 0 aliphatic rings. The molecule has 0 saturated carbocycles. The zero-order valence-electron chi connectivity index (χ0n) is 7.51. The number of hydrogen-bond acceptors (Lipinski definition) is 4. The van der Waals surface area contributed by atoms with E-state index in [-0.39, 0.29) is 6.61 Å². The van der Waals surface area contributed by atoms with Crippen LogP contribution in [0.3, 0.4) is 0 Å². The highest BCUT2D eigenvalue weighted by atomic mass is 16.5. The summed E-state index contributed by atoms with van der Waals surface area (Å²) < 4.78 is 4.15. The molecular weight excluding hydrogens is 170 g/mol. The maximum absolute atomic E-state index is 9.18. The molecule has 0 saturated heterocycles. The van der Waals surface area contributed by atoms with Gasteiger partial charge in [-0.2, -0.15) is 0 Å². The maximum atomic E-state index is 9.18. The molecular formula is C9H13NO3. The quantitative estimate of drug-likeness (QED) is 0.702. The number of carbonyl (C=O) groups excluding carboxylic acids is 1. The molecule has 72 valence electrons. The standard InChI is InChI=1S/C6H7NO.C3H6O2/c8-5-6-3-1-2-4-7-6;1-2-5-3-4/h1-4,8H,5H2;3H,2H2,1H3. The van der Waals surface area contributed by atoms with Crippen LogP contribution in [0.15, 0.2) is 24.4 Å². The average Bonchev–Trinajstić information content (AvgIpc) is 2.21. The van der Waals surface area contributed by atoms with Crippen LogP contribution in [0, 0.1) is 0 Å². The molecule has 0 aliphatic heterocycles. The smallest absolute Gasteiger partial charge is 0.293 e. The molecule has 4 heteroatoms. The van der Waals surface area contributed by atoms with Crippen LogP contribution in [0.5, 0.6) is 0 Å². The van der Waals surface area contributed by atoms with Crippen molar-refractivity contribution in [3.63, 3.8) is 0 Å². The minimum absolute atomic E-state index is 0.0286. The molecule has 0 fully saturated rings. The van der Waals surface area contributed by atoms with E-state index < -0.39 is 0 Å². The number of aromatic nitrogens is 1. The van der Waals surface area contributed by atoms with Crippen LogP contribution in [-0.4, -0.2) is 23.2 Å². The lowest BCUT2D eigenvalue weighted by atomic mass is 10.4. The number of aliphatic hydroxyl groups is 1. The molecule has 1 heterocycles. The Bertz CT molecular complexity index is 213. The van der Waals surface area contributed by atoms with Crippen molar-refractivity contribution in [1.29, 1.82) is 0 Å². The topological polar surface area (TPSA) is 59.4 Å². The Morgan fingerprint density at radius 1 is 1.62 bits per heavy atom. The lowest BCUT2D eigenvalue weighted by molar-refractivity contribution is -0.128. The van der Waals surface area contributed by atoms with Gasteiger partial charge in [0.1, 0.15) is 0 Å². The van der Waals surface area contributed by atoms with E-state index in [1.165, 1.54) is 0 Å². The fraction of sp³-hybridized carbons (Fsp3) is 0.333. The zero-order valence-corrected chi connectivity index (χ0v) is 7.51. The number of aliphatic hydroxyl groups excluding tert-OH is 1. The number of nitrogens with zero attached hydrogens (tertiary/aromatic N) is 1. The van der Waals surface area contributed by atoms with Crippen molar-refractivity contribution in [3.05, 3.63) is 30.1 Å². The van der Waals surface area contributed by atoms with Crippen molar-refractivity contribution in [1.82, 2.24) is 4.98 Å². The van der Waals surface area contributed by atoms with Crippen LogP contribution < -0.4 is 0 Å². The summed E-state index contributed by atoms with van der Waals surface area (Å²) in [6.07, 6.45) is 1.66. The Kier molecular flexibility index (Phi) is 7.73. The van der Waals surface area contributed by atoms with Gasteiger partial charge < -0.3 is 9.84 Å². The monoisotopic (exact) mass is 183 g/mol. The molecule has 4 nitrogen and oxygen atoms in total. The first-order chi connectivity index (χ1) is 6.35. The highest BCUT2D eigenvalue weighted by molar-refractivity contribution is 5.36. The fourth-order valence-electron chi connectivity index (χ4n) is 0.560. The minimum atomic E-state index is 0.0286. The third-order valence-electron chi connectivity index (χ3n) is 1.12. The van der Waals surface area contributed by atoms with E-state index in [0.717, 1.165) is 0 Å². The van der Waals surface area contributed by atoms with Gasteiger partial charge in [-0.3, -0.25) is 9.78 Å². The summed E-state index contributed by atoms with van der Waals surface area (Å²) >= 11 is 0. The molecule has 0 unspecified atom stereocenters. The zero-order chi connectivity index (χ0) is 9.94. The van der Waals surface area contributed by atoms with E-state index in [1.54, 1.807) is 19.2 Å². The lowest BCUT2D eigenvalue weighted by Gasteiger charge is -1.88. The molecule has 0 atom stereocenters. The molecule has 0 spiro atoms. The Hall–Kier alpha value is -1.42. The summed E-state index contributed by atoms with van der Waals surface area (Å²) in [5.41, 5.74) is 0.715. The molecule has 0 radical (unpaired) electrons. The van der Waals surface area contributed by atoms with E-state index in [0.29, 0.717) is 18.8 Å². The third kappa shape index (κ3) is 6.96. The summed E-state index contributed by atoms with van der Waals surface area (Å²) in [4.78, 5) is 13.0. The van der Waals surface area contributed by atoms with Crippen molar-refractivity contribution in [2.24, 2.45) is 0 Å². The third-order valence-corrected chi connectivity index (χ3v) is 1.12. The molecule has 0 aromatic carbocycles. The Labute approximate surface area is 77.2 Å². The average molecular weight is 183 g/mol. The van der Waals surface area contributed by atoms with Gasteiger partial charge in [-0.25, -0.2) is 0 Å². The molecule has 13 heavy (non-hydrogen) atoms. The van der Waals surface area contributed by atoms with Crippen LogP contribution >= 0.6 is 0 Å². The van der Waals surface area contributed by atoms with Crippen LogP contribution in [0.4, 0.5) is 0 Å². The van der Waals surface area contributed by atoms with Crippen molar-refractivity contribution >= 4 is 6.47 Å². The Morgan fingerprint density at radius 2 is 2.38 bits per heavy atom. The van der Waals surface area contributed by atoms with E-state index in [4.69, 9.17) is 5.11 Å². The summed E-state index contributed by atoms with van der Waals surface area (Å²) in [6, 6.07) is 5.44. The van der Waals surface area contributed by atoms with E-state index in [2.05, 4.69) is 9.72 Å². The number of hydrogen-bond donors (Lipinski definition) is 1. The van der Waals surface area contributed by atoms with Crippen molar-refractivity contribution in [3.8, 4) is 0 Å². The molecule has 0 bridgehead atoms. The SMILES string of the molecule is CCOC=O.OCc1ccccn1. The van der Waals surface area contributed by atoms with E-state index in [9.17, 15) is 4.79 Å². The predicted molar refractivity (Wildman–Crippen MR) is 47.8 cm³/mol. The maximum Gasteiger partial charge on any atom is 0.293 e. The second-order valence-electron chi connectivity index (χ2n) is 2.03. The summed E-state index contributed by atoms with van der Waals surface area (Å²) in [5.74, 6) is 0. The van der Waals surface area contributed by atoms with Crippen LogP contribution in [0.2, 0.25) is 0 Å². The van der Waals surface area contributed by atoms with Crippen molar-refractivity contribution in [2.45, 2.75) is 13.5 Å². The first kappa shape index (κ1) is 11.6. The molecule has 1 aromatic rings. The van der Waals surface area contributed by atoms with Crippen molar-refractivity contribution < 1.29 is 14.6 Å². The van der Waals surface area contributed by atoms with Gasteiger partial charge in [0.25, 0.3) is 6.47 Å². The normalized spacial score (nSPS) is 8.15. The molecule has 1 aromatic heterocycles. The minimum Gasteiger partial charge on any atom is -0.468 e. The number of pyridine rings is 1. The second kappa shape index (κ2) is 8.67. The largest absolute Gasteiger partial charge is 0.468 e. The van der Waals surface area contributed by atoms with Gasteiger partial charge in [0, 0.05) is 6.20 Å². The van der Waals surface area contributed by atoms with Crippen LogP contribution in [0.1, 0.15) is 12.6 Å².